The summed E-state index contributed by atoms with van der Waals surface area (Å²) in [5.74, 6) is -1.02. The number of carbonyl (C=O) groups excluding carboxylic acids is 2. The molecule has 0 saturated carbocycles. The number of fused-ring (bicyclic) bond motifs is 1. The average Bonchev–Trinajstić information content (AvgIpc) is 2.80. The van der Waals surface area contributed by atoms with Gasteiger partial charge < -0.3 is 4.90 Å². The van der Waals surface area contributed by atoms with E-state index in [2.05, 4.69) is 0 Å². The summed E-state index contributed by atoms with van der Waals surface area (Å²) in [4.78, 5) is 28.7. The molecule has 6 nitrogen and oxygen atoms in total. The maximum atomic E-state index is 14.1. The van der Waals surface area contributed by atoms with Gasteiger partial charge in [-0.05, 0) is 32.3 Å². The lowest BCUT2D eigenvalue weighted by atomic mass is 9.91. The number of nitrogens with zero attached hydrogens (tertiary/aromatic N) is 2. The molecule has 2 aromatic carbocycles. The van der Waals surface area contributed by atoms with Crippen LogP contribution in [0.15, 0.2) is 65.2 Å². The van der Waals surface area contributed by atoms with Crippen molar-refractivity contribution in [1.82, 2.24) is 9.21 Å². The van der Waals surface area contributed by atoms with E-state index < -0.39 is 32.5 Å². The first-order valence-corrected chi connectivity index (χ1v) is 12.9. The van der Waals surface area contributed by atoms with E-state index in [9.17, 15) is 18.0 Å². The van der Waals surface area contributed by atoms with Crippen LogP contribution in [0.1, 0.15) is 66.8 Å². The summed E-state index contributed by atoms with van der Waals surface area (Å²) in [7, 11) is -4.28. The highest BCUT2D eigenvalue weighted by molar-refractivity contribution is 7.94. The van der Waals surface area contributed by atoms with Crippen molar-refractivity contribution >= 4 is 21.6 Å². The van der Waals surface area contributed by atoms with Gasteiger partial charge in [0.1, 0.15) is 5.70 Å². The van der Waals surface area contributed by atoms with Crippen LogP contribution < -0.4 is 0 Å². The molecule has 3 rings (SSSR count). The number of hydrogen-bond acceptors (Lipinski definition) is 5. The molecular weight excluding hydrogens is 436 g/mol. The van der Waals surface area contributed by atoms with Crippen LogP contribution in [0.4, 0.5) is 0 Å². The minimum absolute atomic E-state index is 0.00103. The Hall–Kier alpha value is -2.77. The molecule has 0 aromatic heterocycles. The lowest BCUT2D eigenvalue weighted by Crippen LogP contribution is -2.43. The number of hydrogen-bond donors (Lipinski definition) is 0. The Morgan fingerprint density at radius 2 is 1.30 bits per heavy atom. The Kier molecular flexibility index (Phi) is 7.87. The number of benzene rings is 2. The number of carbonyl (C=O) groups is 2. The molecular formula is C26H32N2O4S. The molecule has 0 unspecified atom stereocenters. The van der Waals surface area contributed by atoms with E-state index in [4.69, 9.17) is 0 Å². The van der Waals surface area contributed by atoms with E-state index in [1.807, 2.05) is 44.2 Å². The van der Waals surface area contributed by atoms with Gasteiger partial charge in [-0.1, -0.05) is 68.4 Å². The van der Waals surface area contributed by atoms with Gasteiger partial charge in [0.2, 0.25) is 21.6 Å². The zero-order chi connectivity index (χ0) is 24.2. The first-order chi connectivity index (χ1) is 15.7. The Morgan fingerprint density at radius 3 is 1.82 bits per heavy atom. The van der Waals surface area contributed by atoms with Gasteiger partial charge in [0.05, 0.1) is 0 Å². The summed E-state index contributed by atoms with van der Waals surface area (Å²) in [6.45, 7) is 8.58. The molecule has 7 heteroatoms. The summed E-state index contributed by atoms with van der Waals surface area (Å²) in [5.41, 5.74) is 1.21. The summed E-state index contributed by atoms with van der Waals surface area (Å²) in [6.07, 6.45) is 1.44. The summed E-state index contributed by atoms with van der Waals surface area (Å²) >= 11 is 0. The van der Waals surface area contributed by atoms with E-state index in [-0.39, 0.29) is 23.4 Å². The number of sulfonamides is 1. The zero-order valence-corrected chi connectivity index (χ0v) is 20.6. The van der Waals surface area contributed by atoms with Crippen LogP contribution in [0, 0.1) is 0 Å². The molecule has 33 heavy (non-hydrogen) atoms. The van der Waals surface area contributed by atoms with Crippen molar-refractivity contribution in [2.24, 2.45) is 0 Å². The number of rotatable bonds is 10. The maximum absolute atomic E-state index is 14.1. The minimum atomic E-state index is -4.28. The van der Waals surface area contributed by atoms with Crippen LogP contribution in [0.2, 0.25) is 0 Å². The number of allylic oxidation sites excluding steroid dienone is 2. The van der Waals surface area contributed by atoms with Gasteiger partial charge in [-0.25, -0.2) is 8.42 Å². The second-order valence-electron chi connectivity index (χ2n) is 8.50. The maximum Gasteiger partial charge on any atom is 0.249 e. The van der Waals surface area contributed by atoms with Gasteiger partial charge in [0.15, 0.2) is 4.91 Å². The van der Waals surface area contributed by atoms with Crippen molar-refractivity contribution < 1.29 is 18.0 Å². The molecule has 0 saturated heterocycles. The predicted octanol–water partition coefficient (Wildman–Crippen LogP) is 4.64. The molecule has 0 radical (unpaired) electrons. The molecule has 0 N–H and O–H groups in total. The Balaban J connectivity index is 2.24. The molecule has 176 valence electrons. The van der Waals surface area contributed by atoms with Crippen molar-refractivity contribution in [3.63, 3.8) is 0 Å². The standard InChI is InChI=1S/C26H32N2O4S/c1-5-16-27(17-6-2)23-24(29)21-14-10-11-15-22(21)25(30)26(23)33(31,32)28(19(3)4)18-20-12-8-7-9-13-20/h7-15,19H,5-6,16-18H2,1-4H3. The molecule has 0 heterocycles. The Morgan fingerprint density at radius 1 is 0.788 bits per heavy atom. The van der Waals surface area contributed by atoms with Gasteiger partial charge >= 0.3 is 0 Å². The quantitative estimate of drug-likeness (QED) is 0.508. The fraction of sp³-hybridized carbons (Fsp3) is 0.385. The number of Topliss-reactive ketones (excluding diaryl/α,β-unsaturated/α-hetero) is 2. The summed E-state index contributed by atoms with van der Waals surface area (Å²) < 4.78 is 29.5. The first-order valence-electron chi connectivity index (χ1n) is 11.5. The molecule has 0 aliphatic heterocycles. The third kappa shape index (κ3) is 4.94. The molecule has 2 aromatic rings. The van der Waals surface area contributed by atoms with E-state index in [1.165, 1.54) is 10.4 Å². The second kappa shape index (κ2) is 10.4. The van der Waals surface area contributed by atoms with E-state index in [0.717, 1.165) is 18.4 Å². The van der Waals surface area contributed by atoms with Crippen LogP contribution in [-0.2, 0) is 16.6 Å². The highest BCUT2D eigenvalue weighted by atomic mass is 32.2. The van der Waals surface area contributed by atoms with Crippen LogP contribution in [-0.4, -0.2) is 48.3 Å². The summed E-state index contributed by atoms with van der Waals surface area (Å²) in [5, 5.41) is 0. The van der Waals surface area contributed by atoms with Gasteiger partial charge in [-0.3, -0.25) is 9.59 Å². The largest absolute Gasteiger partial charge is 0.367 e. The SMILES string of the molecule is CCCN(CCC)C1=C(S(=O)(=O)N(Cc2ccccc2)C(C)C)C(=O)c2ccccc2C1=O. The highest BCUT2D eigenvalue weighted by Crippen LogP contribution is 2.34. The van der Waals surface area contributed by atoms with Crippen molar-refractivity contribution in [1.29, 1.82) is 0 Å². The smallest absolute Gasteiger partial charge is 0.249 e. The molecule has 0 fully saturated rings. The number of ketones is 2. The monoisotopic (exact) mass is 468 g/mol. The van der Waals surface area contributed by atoms with Crippen LogP contribution in [0.5, 0.6) is 0 Å². The normalized spacial score (nSPS) is 14.2. The minimum Gasteiger partial charge on any atom is -0.367 e. The third-order valence-corrected chi connectivity index (χ3v) is 7.74. The van der Waals surface area contributed by atoms with Gasteiger partial charge in [0.25, 0.3) is 0 Å². The average molecular weight is 469 g/mol. The topological polar surface area (TPSA) is 74.8 Å². The van der Waals surface area contributed by atoms with Crippen LogP contribution in [0.3, 0.4) is 0 Å². The van der Waals surface area contributed by atoms with Crippen molar-refractivity contribution in [2.45, 2.75) is 53.1 Å². The first kappa shape index (κ1) is 24.9. The predicted molar refractivity (Wildman–Crippen MR) is 130 cm³/mol. The lowest BCUT2D eigenvalue weighted by molar-refractivity contribution is 0.0945. The fourth-order valence-electron chi connectivity index (χ4n) is 4.17. The zero-order valence-electron chi connectivity index (χ0n) is 19.7. The third-order valence-electron chi connectivity index (χ3n) is 5.68. The molecule has 1 aliphatic carbocycles. The van der Waals surface area contributed by atoms with Crippen molar-refractivity contribution in [2.75, 3.05) is 13.1 Å². The van der Waals surface area contributed by atoms with Gasteiger partial charge in [0, 0.05) is 36.8 Å². The molecule has 0 bridgehead atoms. The van der Waals surface area contributed by atoms with Crippen molar-refractivity contribution in [3.05, 3.63) is 81.9 Å². The Bertz CT molecular complexity index is 1150. The van der Waals surface area contributed by atoms with Crippen LogP contribution in [0.25, 0.3) is 0 Å². The Labute approximate surface area is 197 Å². The van der Waals surface area contributed by atoms with E-state index in [0.29, 0.717) is 13.1 Å². The van der Waals surface area contributed by atoms with E-state index >= 15 is 0 Å². The summed E-state index contributed by atoms with van der Waals surface area (Å²) in [6, 6.07) is 15.3. The van der Waals surface area contributed by atoms with Gasteiger partial charge in [-0.15, -0.1) is 0 Å². The second-order valence-corrected chi connectivity index (χ2v) is 10.3. The molecule has 0 amide bonds. The van der Waals surface area contributed by atoms with Crippen LogP contribution >= 0.6 is 0 Å². The molecule has 1 aliphatic rings. The fourth-order valence-corrected chi connectivity index (χ4v) is 6.09. The van der Waals surface area contributed by atoms with Crippen molar-refractivity contribution in [3.8, 4) is 0 Å². The lowest BCUT2D eigenvalue weighted by Gasteiger charge is -2.34. The highest BCUT2D eigenvalue weighted by Gasteiger charge is 2.44. The van der Waals surface area contributed by atoms with E-state index in [1.54, 1.807) is 36.9 Å². The van der Waals surface area contributed by atoms with Gasteiger partial charge in [-0.2, -0.15) is 4.31 Å². The molecule has 0 atom stereocenters. The molecule has 0 spiro atoms.